The van der Waals surface area contributed by atoms with E-state index in [1.165, 1.54) is 4.90 Å². The Morgan fingerprint density at radius 2 is 1.74 bits per heavy atom. The molecule has 0 spiro atoms. The fourth-order valence-corrected chi connectivity index (χ4v) is 3.26. The second-order valence-corrected chi connectivity index (χ2v) is 7.39. The van der Waals surface area contributed by atoms with Crippen molar-refractivity contribution < 1.29 is 47.6 Å². The third kappa shape index (κ3) is 7.07. The number of nitrogens with zero attached hydrogens (tertiary/aromatic N) is 1. The lowest BCUT2D eigenvalue weighted by atomic mass is 9.85. The van der Waals surface area contributed by atoms with E-state index in [-0.39, 0.29) is 27.3 Å². The SMILES string of the molecule is NC(c1c(O)cc(Cl)c(Cl)c1F)C1CCN(C(=O)[C@H](O)CO)CC1.O=C(O)C(F)(F)F. The summed E-state index contributed by atoms with van der Waals surface area (Å²) in [4.78, 5) is 22.1. The minimum Gasteiger partial charge on any atom is -0.507 e. The van der Waals surface area contributed by atoms with Crippen molar-refractivity contribution >= 4 is 35.1 Å². The van der Waals surface area contributed by atoms with Crippen molar-refractivity contribution in [3.05, 3.63) is 27.5 Å². The van der Waals surface area contributed by atoms with Gasteiger partial charge >= 0.3 is 12.1 Å². The van der Waals surface area contributed by atoms with E-state index in [0.29, 0.717) is 25.9 Å². The van der Waals surface area contributed by atoms with Crippen LogP contribution in [0.4, 0.5) is 17.6 Å². The van der Waals surface area contributed by atoms with Crippen molar-refractivity contribution in [2.45, 2.75) is 31.2 Å². The third-order valence-electron chi connectivity index (χ3n) is 4.57. The summed E-state index contributed by atoms with van der Waals surface area (Å²) in [6.07, 6.45) is -5.60. The van der Waals surface area contributed by atoms with Gasteiger partial charge in [-0.15, -0.1) is 0 Å². The van der Waals surface area contributed by atoms with Crippen LogP contribution in [0.3, 0.4) is 0 Å². The normalized spacial score (nSPS) is 16.9. The average molecular weight is 495 g/mol. The minimum absolute atomic E-state index is 0.0930. The molecule has 8 nitrogen and oxygen atoms in total. The van der Waals surface area contributed by atoms with Gasteiger partial charge in [0.1, 0.15) is 5.75 Å². The Hall–Kier alpha value is -1.86. The lowest BCUT2D eigenvalue weighted by Crippen LogP contribution is -2.46. The maximum Gasteiger partial charge on any atom is 0.490 e. The molecular weight excluding hydrogens is 475 g/mol. The number of nitrogens with two attached hydrogens (primary N) is 1. The van der Waals surface area contributed by atoms with Crippen LogP contribution in [0, 0.1) is 11.7 Å². The van der Waals surface area contributed by atoms with Crippen LogP contribution >= 0.6 is 23.2 Å². The highest BCUT2D eigenvalue weighted by Crippen LogP contribution is 2.40. The summed E-state index contributed by atoms with van der Waals surface area (Å²) >= 11 is 11.5. The van der Waals surface area contributed by atoms with Crippen molar-refractivity contribution in [1.82, 2.24) is 4.90 Å². The zero-order valence-electron chi connectivity index (χ0n) is 15.7. The van der Waals surface area contributed by atoms with Crippen LogP contribution < -0.4 is 5.73 Å². The molecule has 1 saturated heterocycles. The van der Waals surface area contributed by atoms with Gasteiger partial charge in [-0.1, -0.05) is 23.2 Å². The van der Waals surface area contributed by atoms with E-state index in [4.69, 9.17) is 43.9 Å². The summed E-state index contributed by atoms with van der Waals surface area (Å²) < 4.78 is 46.0. The number of aliphatic carboxylic acids is 1. The Morgan fingerprint density at radius 3 is 2.16 bits per heavy atom. The number of phenols is 1. The Kier molecular flexibility index (Phi) is 9.76. The molecule has 1 aliphatic rings. The number of piperidine rings is 1. The molecule has 2 rings (SSSR count). The number of hydrogen-bond donors (Lipinski definition) is 5. The van der Waals surface area contributed by atoms with Crippen LogP contribution in [0.1, 0.15) is 24.4 Å². The Labute approximate surface area is 183 Å². The van der Waals surface area contributed by atoms with Gasteiger partial charge in [-0.25, -0.2) is 9.18 Å². The monoisotopic (exact) mass is 494 g/mol. The molecule has 1 heterocycles. The van der Waals surface area contributed by atoms with Gasteiger partial charge in [0, 0.05) is 30.8 Å². The van der Waals surface area contributed by atoms with Gasteiger partial charge in [-0.2, -0.15) is 13.2 Å². The summed E-state index contributed by atoms with van der Waals surface area (Å²) in [5, 5.41) is 34.9. The van der Waals surface area contributed by atoms with Crippen LogP contribution in [0.15, 0.2) is 6.07 Å². The number of aliphatic hydroxyl groups is 2. The van der Waals surface area contributed by atoms with Gasteiger partial charge in [0.25, 0.3) is 5.91 Å². The molecule has 176 valence electrons. The number of aliphatic hydroxyl groups excluding tert-OH is 2. The number of alkyl halides is 3. The highest BCUT2D eigenvalue weighted by molar-refractivity contribution is 6.42. The van der Waals surface area contributed by atoms with Crippen LogP contribution in [-0.4, -0.2) is 69.2 Å². The molecule has 6 N–H and O–H groups in total. The first kappa shape index (κ1) is 27.2. The first-order chi connectivity index (χ1) is 14.2. The van der Waals surface area contributed by atoms with Crippen LogP contribution in [-0.2, 0) is 9.59 Å². The van der Waals surface area contributed by atoms with Gasteiger partial charge in [0.05, 0.1) is 16.7 Å². The van der Waals surface area contributed by atoms with Crippen molar-refractivity contribution in [3.8, 4) is 5.75 Å². The molecule has 1 amide bonds. The van der Waals surface area contributed by atoms with E-state index < -0.39 is 42.6 Å². The summed E-state index contributed by atoms with van der Waals surface area (Å²) in [5.41, 5.74) is 6.01. The van der Waals surface area contributed by atoms with E-state index in [9.17, 15) is 32.6 Å². The minimum atomic E-state index is -5.08. The number of phenolic OH excluding ortho intramolecular Hbond substituents is 1. The molecule has 1 fully saturated rings. The maximum atomic E-state index is 14.3. The lowest BCUT2D eigenvalue weighted by molar-refractivity contribution is -0.192. The molecule has 0 aromatic heterocycles. The van der Waals surface area contributed by atoms with Crippen molar-refractivity contribution in [2.75, 3.05) is 19.7 Å². The predicted octanol–water partition coefficient (Wildman–Crippen LogP) is 2.06. The van der Waals surface area contributed by atoms with Crippen molar-refractivity contribution in [1.29, 1.82) is 0 Å². The zero-order chi connectivity index (χ0) is 24.1. The van der Waals surface area contributed by atoms with Gasteiger partial charge < -0.3 is 31.1 Å². The van der Waals surface area contributed by atoms with E-state index in [1.54, 1.807) is 0 Å². The number of carbonyl (C=O) groups excluding carboxylic acids is 1. The van der Waals surface area contributed by atoms with Crippen molar-refractivity contribution in [2.24, 2.45) is 11.7 Å². The molecule has 31 heavy (non-hydrogen) atoms. The predicted molar refractivity (Wildman–Crippen MR) is 101 cm³/mol. The highest BCUT2D eigenvalue weighted by atomic mass is 35.5. The van der Waals surface area contributed by atoms with Gasteiger partial charge in [0.2, 0.25) is 0 Å². The molecular formula is C17H20Cl2F4N2O6. The summed E-state index contributed by atoms with van der Waals surface area (Å²) in [7, 11) is 0. The quantitative estimate of drug-likeness (QED) is 0.318. The van der Waals surface area contributed by atoms with Crippen LogP contribution in [0.2, 0.25) is 10.0 Å². The van der Waals surface area contributed by atoms with E-state index in [0.717, 1.165) is 6.07 Å². The average Bonchev–Trinajstić information content (AvgIpc) is 2.70. The standard InChI is InChI=1S/C15H19Cl2FN2O4.C2HF3O2/c16-8-5-9(22)11(13(18)12(8)17)14(19)7-1-3-20(4-2-7)15(24)10(23)6-21;3-2(4,5)1(6)7/h5,7,10,14,21-23H,1-4,6,19H2;(H,6,7)/t10-,14?;/m1./s1. The van der Waals surface area contributed by atoms with Gasteiger partial charge in [-0.05, 0) is 18.8 Å². The second-order valence-electron chi connectivity index (χ2n) is 6.61. The fraction of sp³-hybridized carbons (Fsp3) is 0.529. The van der Waals surface area contributed by atoms with E-state index in [1.807, 2.05) is 0 Å². The van der Waals surface area contributed by atoms with Gasteiger partial charge in [0.15, 0.2) is 11.9 Å². The maximum absolute atomic E-state index is 14.3. The first-order valence-corrected chi connectivity index (χ1v) is 9.47. The molecule has 0 saturated carbocycles. The number of carboxylic acids is 1. The Balaban J connectivity index is 0.000000592. The number of rotatable bonds is 4. The van der Waals surface area contributed by atoms with E-state index in [2.05, 4.69) is 0 Å². The molecule has 1 aliphatic heterocycles. The number of benzene rings is 1. The second kappa shape index (κ2) is 11.1. The summed E-state index contributed by atoms with van der Waals surface area (Å²) in [5.74, 6) is -4.69. The number of carbonyl (C=O) groups is 2. The topological polar surface area (TPSA) is 144 Å². The summed E-state index contributed by atoms with van der Waals surface area (Å²) in [6.45, 7) is -0.00341. The third-order valence-corrected chi connectivity index (χ3v) is 5.34. The molecule has 2 atom stereocenters. The number of halogens is 6. The van der Waals surface area contributed by atoms with E-state index >= 15 is 0 Å². The Morgan fingerprint density at radius 1 is 1.26 bits per heavy atom. The number of likely N-dealkylation sites (tertiary alicyclic amines) is 1. The summed E-state index contributed by atoms with van der Waals surface area (Å²) in [6, 6.07) is 0.345. The molecule has 1 aromatic carbocycles. The van der Waals surface area contributed by atoms with Crippen LogP contribution in [0.25, 0.3) is 0 Å². The van der Waals surface area contributed by atoms with Crippen molar-refractivity contribution in [3.63, 3.8) is 0 Å². The fourth-order valence-electron chi connectivity index (χ4n) is 2.92. The zero-order valence-corrected chi connectivity index (χ0v) is 17.3. The van der Waals surface area contributed by atoms with Gasteiger partial charge in [-0.3, -0.25) is 4.79 Å². The number of aromatic hydroxyl groups is 1. The largest absolute Gasteiger partial charge is 0.507 e. The number of amides is 1. The molecule has 0 radical (unpaired) electrons. The highest BCUT2D eigenvalue weighted by Gasteiger charge is 2.38. The molecule has 1 aromatic rings. The number of carboxylic acid groups (broad SMARTS) is 1. The molecule has 0 aliphatic carbocycles. The van der Waals surface area contributed by atoms with Crippen LogP contribution in [0.5, 0.6) is 5.75 Å². The Bertz CT molecular complexity index is 804. The molecule has 1 unspecified atom stereocenters. The number of hydrogen-bond acceptors (Lipinski definition) is 6. The smallest absolute Gasteiger partial charge is 0.490 e. The molecule has 14 heteroatoms. The molecule has 0 bridgehead atoms. The first-order valence-electron chi connectivity index (χ1n) is 8.72. The lowest BCUT2D eigenvalue weighted by Gasteiger charge is -2.35.